The van der Waals surface area contributed by atoms with Crippen LogP contribution in [0.2, 0.25) is 0 Å². The van der Waals surface area contributed by atoms with Gasteiger partial charge in [0.2, 0.25) is 0 Å². The molecule has 14 heteroatoms. The van der Waals surface area contributed by atoms with Gasteiger partial charge in [-0.25, -0.2) is 4.57 Å². The highest BCUT2D eigenvalue weighted by Gasteiger charge is 2.51. The Kier molecular flexibility index (Phi) is 29.9. The third kappa shape index (κ3) is 25.0. The number of hydrogen-bond acceptors (Lipinski definition) is 12. The van der Waals surface area contributed by atoms with Crippen molar-refractivity contribution in [1.82, 2.24) is 0 Å². The molecule has 1 aliphatic carbocycles. The number of unbranched alkanes of at least 4 members (excludes halogenated alkanes) is 10. The van der Waals surface area contributed by atoms with Gasteiger partial charge in [-0.3, -0.25) is 18.6 Å². The highest BCUT2D eigenvalue weighted by molar-refractivity contribution is 7.47. The summed E-state index contributed by atoms with van der Waals surface area (Å²) < 4.78 is 33.3. The second kappa shape index (κ2) is 32.5. The first-order valence-corrected chi connectivity index (χ1v) is 22.1. The van der Waals surface area contributed by atoms with Gasteiger partial charge < -0.3 is 39.9 Å². The Morgan fingerprint density at radius 3 is 1.61 bits per heavy atom. The second-order valence-corrected chi connectivity index (χ2v) is 15.5. The van der Waals surface area contributed by atoms with E-state index >= 15 is 0 Å². The molecule has 1 rings (SSSR count). The summed E-state index contributed by atoms with van der Waals surface area (Å²) >= 11 is 0. The molecular formula is C42H71O13P. The van der Waals surface area contributed by atoms with Crippen molar-refractivity contribution in [2.45, 2.75) is 179 Å². The van der Waals surface area contributed by atoms with Crippen molar-refractivity contribution in [1.29, 1.82) is 0 Å². The number of allylic oxidation sites excluding steroid dienone is 10. The molecular weight excluding hydrogens is 743 g/mol. The van der Waals surface area contributed by atoms with Crippen molar-refractivity contribution < 1.29 is 63.1 Å². The second-order valence-electron chi connectivity index (χ2n) is 14.1. The molecule has 1 saturated carbocycles. The zero-order valence-electron chi connectivity index (χ0n) is 33.7. The van der Waals surface area contributed by atoms with E-state index < -0.39 is 75.7 Å². The Morgan fingerprint density at radius 2 is 1.02 bits per heavy atom. The van der Waals surface area contributed by atoms with Crippen molar-refractivity contribution in [3.8, 4) is 0 Å². The van der Waals surface area contributed by atoms with Crippen molar-refractivity contribution in [3.05, 3.63) is 60.8 Å². The Labute approximate surface area is 334 Å². The van der Waals surface area contributed by atoms with E-state index in [9.17, 15) is 44.6 Å². The number of phosphoric acid groups is 1. The lowest BCUT2D eigenvalue weighted by atomic mass is 9.85. The van der Waals surface area contributed by atoms with Crippen LogP contribution in [-0.2, 0) is 32.7 Å². The monoisotopic (exact) mass is 814 g/mol. The van der Waals surface area contributed by atoms with Gasteiger partial charge in [0.1, 0.15) is 43.2 Å². The zero-order valence-corrected chi connectivity index (χ0v) is 34.5. The molecule has 0 amide bonds. The molecule has 1 aliphatic rings. The number of carbonyl (C=O) groups is 2. The molecule has 8 atom stereocenters. The molecule has 13 nitrogen and oxygen atoms in total. The molecule has 0 aromatic heterocycles. The Morgan fingerprint density at radius 1 is 0.571 bits per heavy atom. The third-order valence-electron chi connectivity index (χ3n) is 9.09. The van der Waals surface area contributed by atoms with E-state index in [2.05, 4.69) is 74.6 Å². The summed E-state index contributed by atoms with van der Waals surface area (Å²) in [4.78, 5) is 35.5. The first-order chi connectivity index (χ1) is 26.9. The SMILES string of the molecule is CC/C=C/C/C=C/C/C=C/C/C=C/CCCCC(=O)OC[C@@H](COP(=O)(O)OC1C(O)C(O)C(O)[C@H](O)C1O)OC(=O)CCCCCCC/C=C/CCCCC. The fourth-order valence-electron chi connectivity index (χ4n) is 5.74. The van der Waals surface area contributed by atoms with Gasteiger partial charge in [-0.2, -0.15) is 0 Å². The Balaban J connectivity index is 2.56. The van der Waals surface area contributed by atoms with Crippen molar-refractivity contribution >= 4 is 19.8 Å². The summed E-state index contributed by atoms with van der Waals surface area (Å²) in [6.07, 6.45) is 24.4. The van der Waals surface area contributed by atoms with Crippen molar-refractivity contribution in [2.75, 3.05) is 13.2 Å². The lowest BCUT2D eigenvalue weighted by Gasteiger charge is -2.41. The minimum Gasteiger partial charge on any atom is -0.462 e. The summed E-state index contributed by atoms with van der Waals surface area (Å²) in [5.74, 6) is -1.17. The minimum atomic E-state index is -5.13. The number of aliphatic hydroxyl groups is 5. The normalized spacial score (nSPS) is 23.5. The molecule has 0 saturated heterocycles. The third-order valence-corrected chi connectivity index (χ3v) is 10.1. The molecule has 0 heterocycles. The van der Waals surface area contributed by atoms with E-state index in [0.717, 1.165) is 77.0 Å². The number of rotatable bonds is 32. The van der Waals surface area contributed by atoms with Gasteiger partial charge >= 0.3 is 19.8 Å². The fraction of sp³-hybridized carbons (Fsp3) is 0.714. The molecule has 0 aliphatic heterocycles. The molecule has 0 spiro atoms. The molecule has 56 heavy (non-hydrogen) atoms. The summed E-state index contributed by atoms with van der Waals surface area (Å²) in [6.45, 7) is 3.08. The zero-order chi connectivity index (χ0) is 41.4. The van der Waals surface area contributed by atoms with E-state index in [4.69, 9.17) is 18.5 Å². The number of ether oxygens (including phenoxy) is 2. The summed E-state index contributed by atoms with van der Waals surface area (Å²) in [5.41, 5.74) is 0. The predicted molar refractivity (Wildman–Crippen MR) is 216 cm³/mol. The lowest BCUT2D eigenvalue weighted by molar-refractivity contribution is -0.220. The standard InChI is InChI=1S/C42H71O13P/c1-3-5-7-9-11-13-15-17-18-19-21-22-24-26-28-30-35(43)52-32-34(54-36(44)31-29-27-25-23-20-16-14-12-10-8-6-4-2)33-53-56(50,51)55-42-40(48)38(46)37(45)39(47)41(42)49/h5,7,11-14,17-18,21-22,34,37-42,45-49H,3-4,6,8-10,15-16,19-20,23-33H2,1-2H3,(H,50,51)/b7-5+,13-11+,14-12+,18-17+,22-21+/t34-,37?,38-,39?,40?,41?,42?/m0/s1. The van der Waals surface area contributed by atoms with Crippen LogP contribution in [0.1, 0.15) is 136 Å². The van der Waals surface area contributed by atoms with Gasteiger partial charge in [-0.05, 0) is 77.0 Å². The van der Waals surface area contributed by atoms with Crippen LogP contribution in [0.25, 0.3) is 0 Å². The lowest BCUT2D eigenvalue weighted by Crippen LogP contribution is -2.64. The maximum absolute atomic E-state index is 12.8. The molecule has 0 radical (unpaired) electrons. The smallest absolute Gasteiger partial charge is 0.462 e. The summed E-state index contributed by atoms with van der Waals surface area (Å²) in [5, 5.41) is 50.0. The van der Waals surface area contributed by atoms with Gasteiger partial charge in [0.05, 0.1) is 6.61 Å². The van der Waals surface area contributed by atoms with E-state index in [0.29, 0.717) is 12.8 Å². The average Bonchev–Trinajstić information content (AvgIpc) is 3.18. The predicted octanol–water partition coefficient (Wildman–Crippen LogP) is 6.99. The van der Waals surface area contributed by atoms with Crippen LogP contribution < -0.4 is 0 Å². The summed E-state index contributed by atoms with van der Waals surface area (Å²) in [7, 11) is -5.13. The van der Waals surface area contributed by atoms with Crippen molar-refractivity contribution in [2.24, 2.45) is 0 Å². The Hall–Kier alpha value is -2.45. The summed E-state index contributed by atoms with van der Waals surface area (Å²) in [6, 6.07) is 0. The Bertz CT molecular complexity index is 1220. The van der Waals surface area contributed by atoms with Crippen LogP contribution in [0.4, 0.5) is 0 Å². The molecule has 0 aromatic carbocycles. The van der Waals surface area contributed by atoms with E-state index in [1.165, 1.54) is 19.3 Å². The highest BCUT2D eigenvalue weighted by Crippen LogP contribution is 2.47. The number of esters is 2. The molecule has 322 valence electrons. The van der Waals surface area contributed by atoms with Crippen LogP contribution in [0.15, 0.2) is 60.8 Å². The largest absolute Gasteiger partial charge is 0.472 e. The quantitative estimate of drug-likeness (QED) is 0.0175. The molecule has 0 bridgehead atoms. The van der Waals surface area contributed by atoms with Crippen LogP contribution in [0.3, 0.4) is 0 Å². The van der Waals surface area contributed by atoms with Gasteiger partial charge in [-0.15, -0.1) is 0 Å². The molecule has 6 N–H and O–H groups in total. The number of phosphoric ester groups is 1. The van der Waals surface area contributed by atoms with Gasteiger partial charge in [0.15, 0.2) is 6.10 Å². The number of hydrogen-bond donors (Lipinski definition) is 6. The maximum Gasteiger partial charge on any atom is 0.472 e. The average molecular weight is 815 g/mol. The van der Waals surface area contributed by atoms with E-state index in [1.54, 1.807) is 0 Å². The van der Waals surface area contributed by atoms with Gasteiger partial charge in [0, 0.05) is 12.8 Å². The van der Waals surface area contributed by atoms with Crippen molar-refractivity contribution in [3.63, 3.8) is 0 Å². The van der Waals surface area contributed by atoms with E-state index in [1.807, 2.05) is 0 Å². The topological polar surface area (TPSA) is 210 Å². The van der Waals surface area contributed by atoms with Gasteiger partial charge in [-0.1, -0.05) is 107 Å². The number of aliphatic hydroxyl groups excluding tert-OH is 5. The fourth-order valence-corrected chi connectivity index (χ4v) is 6.71. The van der Waals surface area contributed by atoms with Crippen LogP contribution in [0, 0.1) is 0 Å². The minimum absolute atomic E-state index is 0.0743. The first kappa shape index (κ1) is 51.6. The van der Waals surface area contributed by atoms with Crippen LogP contribution in [-0.4, -0.2) is 98.3 Å². The van der Waals surface area contributed by atoms with Gasteiger partial charge in [0.25, 0.3) is 0 Å². The molecule has 6 unspecified atom stereocenters. The highest BCUT2D eigenvalue weighted by atomic mass is 31.2. The first-order valence-electron chi connectivity index (χ1n) is 20.6. The van der Waals surface area contributed by atoms with Crippen LogP contribution in [0.5, 0.6) is 0 Å². The maximum atomic E-state index is 12.8. The molecule has 0 aromatic rings. The van der Waals surface area contributed by atoms with E-state index in [-0.39, 0.29) is 12.8 Å². The number of carbonyl (C=O) groups excluding carboxylic acids is 2. The van der Waals surface area contributed by atoms with Crippen LogP contribution >= 0.6 is 7.82 Å². The molecule has 1 fully saturated rings.